The predicted molar refractivity (Wildman–Crippen MR) is 112 cm³/mol. The van der Waals surface area contributed by atoms with Crippen molar-refractivity contribution in [1.82, 2.24) is 4.98 Å². The van der Waals surface area contributed by atoms with Crippen LogP contribution >= 0.6 is 0 Å². The summed E-state index contributed by atoms with van der Waals surface area (Å²) in [6, 6.07) is 11.9. The van der Waals surface area contributed by atoms with Gasteiger partial charge in [0, 0.05) is 34.9 Å². The van der Waals surface area contributed by atoms with E-state index in [0.29, 0.717) is 16.9 Å². The van der Waals surface area contributed by atoms with Crippen molar-refractivity contribution in [3.8, 4) is 0 Å². The van der Waals surface area contributed by atoms with Gasteiger partial charge in [-0.2, -0.15) is 0 Å². The monoisotopic (exact) mass is 393 g/mol. The molecule has 29 heavy (non-hydrogen) atoms. The first-order chi connectivity index (χ1) is 13.7. The lowest BCUT2D eigenvalue weighted by Crippen LogP contribution is -2.30. The Hall–Kier alpha value is -3.61. The van der Waals surface area contributed by atoms with Crippen LogP contribution in [-0.2, 0) is 14.3 Å². The highest BCUT2D eigenvalue weighted by Gasteiger charge is 2.20. The Morgan fingerprint density at radius 3 is 2.21 bits per heavy atom. The van der Waals surface area contributed by atoms with Crippen molar-refractivity contribution < 1.29 is 19.1 Å². The third kappa shape index (κ3) is 4.63. The number of amides is 2. The number of rotatable bonds is 5. The Balaban J connectivity index is 1.63. The number of anilines is 2. The number of esters is 1. The quantitative estimate of drug-likeness (QED) is 0.572. The van der Waals surface area contributed by atoms with E-state index in [9.17, 15) is 14.4 Å². The highest BCUT2D eigenvalue weighted by Crippen LogP contribution is 2.23. The maximum Gasteiger partial charge on any atom is 0.338 e. The van der Waals surface area contributed by atoms with Gasteiger partial charge in [0.2, 0.25) is 5.91 Å². The molecular weight excluding hydrogens is 370 g/mol. The zero-order valence-corrected chi connectivity index (χ0v) is 16.8. The third-order valence-electron chi connectivity index (χ3n) is 4.67. The van der Waals surface area contributed by atoms with Crippen LogP contribution in [0.4, 0.5) is 11.4 Å². The van der Waals surface area contributed by atoms with E-state index < -0.39 is 18.0 Å². The topological polar surface area (TPSA) is 100 Å². The number of aromatic nitrogens is 1. The molecule has 2 aromatic carbocycles. The normalized spacial score (nSPS) is 11.7. The van der Waals surface area contributed by atoms with Crippen LogP contribution in [-0.4, -0.2) is 28.9 Å². The van der Waals surface area contributed by atoms with E-state index in [1.807, 2.05) is 19.9 Å². The number of aromatic amines is 1. The molecule has 0 unspecified atom stereocenters. The number of hydrogen-bond donors (Lipinski definition) is 3. The average molecular weight is 393 g/mol. The first-order valence-electron chi connectivity index (χ1n) is 9.23. The van der Waals surface area contributed by atoms with Crippen molar-refractivity contribution in [1.29, 1.82) is 0 Å². The lowest BCUT2D eigenvalue weighted by Gasteiger charge is -2.14. The molecule has 7 nitrogen and oxygen atoms in total. The van der Waals surface area contributed by atoms with Crippen LogP contribution < -0.4 is 10.6 Å². The van der Waals surface area contributed by atoms with Crippen LogP contribution in [0.5, 0.6) is 0 Å². The summed E-state index contributed by atoms with van der Waals surface area (Å²) in [5.74, 6) is -1.18. The SMILES string of the molecule is CC(=O)Nc1ccc(NC(=O)[C@@H](C)OC(=O)c2ccc3[nH]c(C)c(C)c3c2)cc1. The number of carbonyl (C=O) groups excluding carboxylic acids is 3. The van der Waals surface area contributed by atoms with Gasteiger partial charge in [0.15, 0.2) is 6.10 Å². The lowest BCUT2D eigenvalue weighted by atomic mass is 10.1. The van der Waals surface area contributed by atoms with Gasteiger partial charge in [0.1, 0.15) is 0 Å². The minimum atomic E-state index is -0.970. The summed E-state index contributed by atoms with van der Waals surface area (Å²) in [5.41, 5.74) is 4.61. The summed E-state index contributed by atoms with van der Waals surface area (Å²) in [7, 11) is 0. The summed E-state index contributed by atoms with van der Waals surface area (Å²) in [6.07, 6.45) is -0.970. The van der Waals surface area contributed by atoms with Crippen LogP contribution in [0, 0.1) is 13.8 Å². The standard InChI is InChI=1S/C22H23N3O4/c1-12-13(2)23-20-10-5-16(11-19(12)20)22(28)29-14(3)21(27)25-18-8-6-17(7-9-18)24-15(4)26/h5-11,14,23H,1-4H3,(H,24,26)(H,25,27)/t14-/m1/s1. The maximum atomic E-state index is 12.5. The number of H-pyrrole nitrogens is 1. The minimum Gasteiger partial charge on any atom is -0.449 e. The second-order valence-corrected chi connectivity index (χ2v) is 6.93. The Morgan fingerprint density at radius 1 is 0.966 bits per heavy atom. The lowest BCUT2D eigenvalue weighted by molar-refractivity contribution is -0.123. The zero-order valence-electron chi connectivity index (χ0n) is 16.8. The maximum absolute atomic E-state index is 12.5. The van der Waals surface area contributed by atoms with Crippen LogP contribution in [0.3, 0.4) is 0 Å². The number of aryl methyl sites for hydroxylation is 2. The molecule has 0 aliphatic rings. The summed E-state index contributed by atoms with van der Waals surface area (Å²) in [4.78, 5) is 39.1. The number of carbonyl (C=O) groups is 3. The van der Waals surface area contributed by atoms with Crippen LogP contribution in [0.1, 0.15) is 35.5 Å². The second kappa shape index (κ2) is 8.18. The largest absolute Gasteiger partial charge is 0.449 e. The molecule has 0 radical (unpaired) electrons. The summed E-state index contributed by atoms with van der Waals surface area (Å²) in [5, 5.41) is 6.29. The van der Waals surface area contributed by atoms with E-state index in [4.69, 9.17) is 4.74 Å². The fraction of sp³-hybridized carbons (Fsp3) is 0.227. The molecule has 1 aromatic heterocycles. The molecule has 1 heterocycles. The summed E-state index contributed by atoms with van der Waals surface area (Å²) < 4.78 is 5.32. The molecule has 0 saturated heterocycles. The predicted octanol–water partition coefficient (Wildman–Crippen LogP) is 3.93. The number of ether oxygens (including phenoxy) is 1. The molecule has 3 N–H and O–H groups in total. The van der Waals surface area contributed by atoms with Gasteiger partial charge in [-0.15, -0.1) is 0 Å². The van der Waals surface area contributed by atoms with Crippen LogP contribution in [0.2, 0.25) is 0 Å². The molecule has 0 aliphatic carbocycles. The van der Waals surface area contributed by atoms with E-state index in [2.05, 4.69) is 15.6 Å². The molecule has 0 spiro atoms. The van der Waals surface area contributed by atoms with Crippen LogP contribution in [0.25, 0.3) is 10.9 Å². The van der Waals surface area contributed by atoms with E-state index in [1.165, 1.54) is 13.8 Å². The highest BCUT2D eigenvalue weighted by molar-refractivity contribution is 5.99. The molecule has 1 atom stereocenters. The van der Waals surface area contributed by atoms with E-state index >= 15 is 0 Å². The zero-order chi connectivity index (χ0) is 21.1. The van der Waals surface area contributed by atoms with Gasteiger partial charge >= 0.3 is 5.97 Å². The van der Waals surface area contributed by atoms with Gasteiger partial charge in [0.25, 0.3) is 5.91 Å². The molecule has 2 amide bonds. The highest BCUT2D eigenvalue weighted by atomic mass is 16.5. The second-order valence-electron chi connectivity index (χ2n) is 6.93. The number of fused-ring (bicyclic) bond motifs is 1. The number of nitrogens with one attached hydrogen (secondary N) is 3. The van der Waals surface area contributed by atoms with Crippen molar-refractivity contribution in [2.45, 2.75) is 33.8 Å². The fourth-order valence-electron chi connectivity index (χ4n) is 2.95. The van der Waals surface area contributed by atoms with Gasteiger partial charge in [0.05, 0.1) is 5.56 Å². The Bertz CT molecular complexity index is 1080. The van der Waals surface area contributed by atoms with Crippen molar-refractivity contribution in [2.75, 3.05) is 10.6 Å². The Morgan fingerprint density at radius 2 is 1.59 bits per heavy atom. The first-order valence-corrected chi connectivity index (χ1v) is 9.23. The molecule has 0 bridgehead atoms. The third-order valence-corrected chi connectivity index (χ3v) is 4.67. The van der Waals surface area contributed by atoms with Crippen molar-refractivity contribution in [3.63, 3.8) is 0 Å². The Kier molecular flexibility index (Phi) is 5.68. The van der Waals surface area contributed by atoms with Gasteiger partial charge in [-0.3, -0.25) is 9.59 Å². The van der Waals surface area contributed by atoms with Gasteiger partial charge in [-0.1, -0.05) is 0 Å². The smallest absolute Gasteiger partial charge is 0.338 e. The summed E-state index contributed by atoms with van der Waals surface area (Å²) in [6.45, 7) is 6.89. The van der Waals surface area contributed by atoms with Crippen LogP contribution in [0.15, 0.2) is 42.5 Å². The summed E-state index contributed by atoms with van der Waals surface area (Å²) >= 11 is 0. The average Bonchev–Trinajstić information content (AvgIpc) is 2.96. The number of hydrogen-bond acceptors (Lipinski definition) is 4. The molecule has 150 valence electrons. The molecule has 0 saturated carbocycles. The van der Waals surface area contributed by atoms with Crippen molar-refractivity contribution >= 4 is 40.1 Å². The molecule has 0 fully saturated rings. The van der Waals surface area contributed by atoms with Gasteiger partial charge in [-0.05, 0) is 68.8 Å². The van der Waals surface area contributed by atoms with Gasteiger partial charge < -0.3 is 20.4 Å². The van der Waals surface area contributed by atoms with E-state index in [0.717, 1.165) is 22.2 Å². The molecule has 0 aliphatic heterocycles. The molecule has 3 rings (SSSR count). The molecule has 3 aromatic rings. The van der Waals surface area contributed by atoms with Gasteiger partial charge in [-0.25, -0.2) is 4.79 Å². The molecular formula is C22H23N3O4. The minimum absolute atomic E-state index is 0.175. The van der Waals surface area contributed by atoms with E-state index in [-0.39, 0.29) is 5.91 Å². The van der Waals surface area contributed by atoms with Crippen molar-refractivity contribution in [3.05, 3.63) is 59.3 Å². The Labute approximate surface area is 168 Å². The van der Waals surface area contributed by atoms with E-state index in [1.54, 1.807) is 36.4 Å². The molecule has 7 heteroatoms. The number of benzene rings is 2. The fourth-order valence-corrected chi connectivity index (χ4v) is 2.95. The first kappa shape index (κ1) is 20.1. The van der Waals surface area contributed by atoms with Crippen molar-refractivity contribution in [2.24, 2.45) is 0 Å².